The standard InChI is InChI=1S/C19H28N2O3/c1-13-3-4-14(2)17(9-13)19(23)20-18-11-21(10-15(18)12-22)16-5-7-24-8-6-16/h3-4,9,15-16,18,22H,5-8,10-12H2,1-2H3,(H,20,23)/t15-,18+/m0/s1. The molecular weight excluding hydrogens is 304 g/mol. The first kappa shape index (κ1) is 17.4. The zero-order chi connectivity index (χ0) is 17.1. The minimum atomic E-state index is -0.0338. The number of nitrogens with one attached hydrogen (secondary N) is 1. The van der Waals surface area contributed by atoms with Crippen molar-refractivity contribution in [1.82, 2.24) is 10.2 Å². The lowest BCUT2D eigenvalue weighted by atomic mass is 10.0. The number of rotatable bonds is 4. The Balaban J connectivity index is 1.66. The van der Waals surface area contributed by atoms with Crippen LogP contribution in [0, 0.1) is 19.8 Å². The molecule has 0 spiro atoms. The number of amides is 1. The van der Waals surface area contributed by atoms with E-state index < -0.39 is 0 Å². The second-order valence-corrected chi connectivity index (χ2v) is 7.14. The number of hydrogen-bond donors (Lipinski definition) is 2. The Morgan fingerprint density at radius 2 is 2.04 bits per heavy atom. The first-order valence-corrected chi connectivity index (χ1v) is 8.89. The molecule has 2 heterocycles. The molecule has 0 bridgehead atoms. The van der Waals surface area contributed by atoms with Gasteiger partial charge in [0.2, 0.25) is 0 Å². The van der Waals surface area contributed by atoms with Gasteiger partial charge in [-0.05, 0) is 38.3 Å². The molecule has 1 aromatic carbocycles. The number of aliphatic hydroxyl groups excluding tert-OH is 1. The minimum absolute atomic E-state index is 0.00487. The van der Waals surface area contributed by atoms with Crippen molar-refractivity contribution in [3.05, 3.63) is 34.9 Å². The summed E-state index contributed by atoms with van der Waals surface area (Å²) in [4.78, 5) is 15.1. The van der Waals surface area contributed by atoms with E-state index in [1.807, 2.05) is 32.0 Å². The smallest absolute Gasteiger partial charge is 0.251 e. The zero-order valence-electron chi connectivity index (χ0n) is 14.6. The monoisotopic (exact) mass is 332 g/mol. The van der Waals surface area contributed by atoms with E-state index in [1.165, 1.54) is 0 Å². The van der Waals surface area contributed by atoms with Crippen molar-refractivity contribution in [3.63, 3.8) is 0 Å². The molecule has 5 nitrogen and oxygen atoms in total. The predicted octanol–water partition coefficient (Wildman–Crippen LogP) is 1.50. The summed E-state index contributed by atoms with van der Waals surface area (Å²) in [7, 11) is 0. The molecule has 2 N–H and O–H groups in total. The van der Waals surface area contributed by atoms with Gasteiger partial charge in [0, 0.05) is 56.5 Å². The molecule has 1 aromatic rings. The fourth-order valence-corrected chi connectivity index (χ4v) is 3.83. The van der Waals surface area contributed by atoms with Crippen LogP contribution in [-0.4, -0.2) is 60.9 Å². The van der Waals surface area contributed by atoms with Crippen LogP contribution in [0.15, 0.2) is 18.2 Å². The Kier molecular flexibility index (Phi) is 5.54. The molecule has 2 aliphatic heterocycles. The highest BCUT2D eigenvalue weighted by Crippen LogP contribution is 2.24. The molecule has 0 saturated carbocycles. The molecule has 2 atom stereocenters. The van der Waals surface area contributed by atoms with E-state index in [2.05, 4.69) is 10.2 Å². The third-order valence-corrected chi connectivity index (χ3v) is 5.37. The highest BCUT2D eigenvalue weighted by Gasteiger charge is 2.37. The van der Waals surface area contributed by atoms with E-state index in [0.29, 0.717) is 6.04 Å². The van der Waals surface area contributed by atoms with Gasteiger partial charge >= 0.3 is 0 Å². The highest BCUT2D eigenvalue weighted by atomic mass is 16.5. The summed E-state index contributed by atoms with van der Waals surface area (Å²) in [5.41, 5.74) is 2.80. The average molecular weight is 332 g/mol. The number of benzene rings is 1. The molecule has 0 aliphatic carbocycles. The Morgan fingerprint density at radius 1 is 1.29 bits per heavy atom. The Bertz CT molecular complexity index is 584. The van der Waals surface area contributed by atoms with Crippen LogP contribution in [0.5, 0.6) is 0 Å². The van der Waals surface area contributed by atoms with Crippen molar-refractivity contribution in [3.8, 4) is 0 Å². The normalized spacial score (nSPS) is 25.8. The molecule has 0 unspecified atom stereocenters. The number of likely N-dealkylation sites (tertiary alicyclic amines) is 1. The molecule has 2 saturated heterocycles. The van der Waals surface area contributed by atoms with Crippen molar-refractivity contribution < 1.29 is 14.6 Å². The summed E-state index contributed by atoms with van der Waals surface area (Å²) >= 11 is 0. The second-order valence-electron chi connectivity index (χ2n) is 7.14. The van der Waals surface area contributed by atoms with Gasteiger partial charge in [0.1, 0.15) is 0 Å². The average Bonchev–Trinajstić information content (AvgIpc) is 3.00. The third kappa shape index (κ3) is 3.79. The summed E-state index contributed by atoms with van der Waals surface area (Å²) in [5, 5.41) is 12.9. The summed E-state index contributed by atoms with van der Waals surface area (Å²) < 4.78 is 5.44. The summed E-state index contributed by atoms with van der Waals surface area (Å²) in [6, 6.07) is 6.45. The van der Waals surface area contributed by atoms with Crippen LogP contribution in [0.3, 0.4) is 0 Å². The first-order chi connectivity index (χ1) is 11.6. The SMILES string of the molecule is Cc1ccc(C)c(C(=O)N[C@@H]2CN(C3CCOCC3)C[C@H]2CO)c1. The zero-order valence-corrected chi connectivity index (χ0v) is 14.6. The fraction of sp³-hybridized carbons (Fsp3) is 0.632. The molecule has 3 rings (SSSR count). The number of carbonyl (C=O) groups excluding carboxylic acids is 1. The first-order valence-electron chi connectivity index (χ1n) is 8.89. The Hall–Kier alpha value is -1.43. The predicted molar refractivity (Wildman–Crippen MR) is 93.2 cm³/mol. The van der Waals surface area contributed by atoms with Crippen LogP contribution in [0.2, 0.25) is 0 Å². The largest absolute Gasteiger partial charge is 0.396 e. The molecule has 2 fully saturated rings. The van der Waals surface area contributed by atoms with Gasteiger partial charge in [0.15, 0.2) is 0 Å². The second kappa shape index (κ2) is 7.64. The maximum Gasteiger partial charge on any atom is 0.251 e. The van der Waals surface area contributed by atoms with E-state index in [4.69, 9.17) is 4.74 Å². The fourth-order valence-electron chi connectivity index (χ4n) is 3.83. The highest BCUT2D eigenvalue weighted by molar-refractivity contribution is 5.96. The van der Waals surface area contributed by atoms with Gasteiger partial charge in [0.25, 0.3) is 5.91 Å². The maximum atomic E-state index is 12.7. The van der Waals surface area contributed by atoms with Crippen molar-refractivity contribution >= 4 is 5.91 Å². The Labute approximate surface area is 144 Å². The number of aliphatic hydroxyl groups is 1. The van der Waals surface area contributed by atoms with Crippen molar-refractivity contribution in [2.75, 3.05) is 32.9 Å². The topological polar surface area (TPSA) is 61.8 Å². The molecule has 1 amide bonds. The minimum Gasteiger partial charge on any atom is -0.396 e. The maximum absolute atomic E-state index is 12.7. The molecule has 2 aliphatic rings. The molecule has 5 heteroatoms. The lowest BCUT2D eigenvalue weighted by Crippen LogP contribution is -2.43. The number of ether oxygens (including phenoxy) is 1. The van der Waals surface area contributed by atoms with Crippen LogP contribution >= 0.6 is 0 Å². The van der Waals surface area contributed by atoms with Crippen LogP contribution in [0.1, 0.15) is 34.3 Å². The molecule has 0 radical (unpaired) electrons. The summed E-state index contributed by atoms with van der Waals surface area (Å²) in [6.45, 7) is 7.34. The van der Waals surface area contributed by atoms with E-state index in [0.717, 1.165) is 55.8 Å². The number of nitrogens with zero attached hydrogens (tertiary/aromatic N) is 1. The van der Waals surface area contributed by atoms with E-state index >= 15 is 0 Å². The van der Waals surface area contributed by atoms with E-state index in [1.54, 1.807) is 0 Å². The third-order valence-electron chi connectivity index (χ3n) is 5.37. The lowest BCUT2D eigenvalue weighted by molar-refractivity contribution is 0.0398. The van der Waals surface area contributed by atoms with E-state index in [-0.39, 0.29) is 24.5 Å². The van der Waals surface area contributed by atoms with Crippen molar-refractivity contribution in [1.29, 1.82) is 0 Å². The van der Waals surface area contributed by atoms with Gasteiger partial charge in [-0.2, -0.15) is 0 Å². The number of carbonyl (C=O) groups is 1. The van der Waals surface area contributed by atoms with Gasteiger partial charge < -0.3 is 15.2 Å². The van der Waals surface area contributed by atoms with Crippen molar-refractivity contribution in [2.24, 2.45) is 5.92 Å². The number of hydrogen-bond acceptors (Lipinski definition) is 4. The van der Waals surface area contributed by atoms with Crippen molar-refractivity contribution in [2.45, 2.75) is 38.8 Å². The quantitative estimate of drug-likeness (QED) is 0.877. The lowest BCUT2D eigenvalue weighted by Gasteiger charge is -2.31. The van der Waals surface area contributed by atoms with E-state index in [9.17, 15) is 9.90 Å². The molecule has 0 aromatic heterocycles. The molecule has 132 valence electrons. The van der Waals surface area contributed by atoms with Crippen LogP contribution < -0.4 is 5.32 Å². The molecular formula is C19H28N2O3. The molecule has 24 heavy (non-hydrogen) atoms. The van der Waals surface area contributed by atoms with Crippen LogP contribution in [-0.2, 0) is 4.74 Å². The van der Waals surface area contributed by atoms with Crippen LogP contribution in [0.4, 0.5) is 0 Å². The summed E-state index contributed by atoms with van der Waals surface area (Å²) in [5.74, 6) is 0.0652. The van der Waals surface area contributed by atoms with Gasteiger partial charge in [-0.1, -0.05) is 17.7 Å². The Morgan fingerprint density at radius 3 is 2.75 bits per heavy atom. The van der Waals surface area contributed by atoms with Crippen LogP contribution in [0.25, 0.3) is 0 Å². The van der Waals surface area contributed by atoms with Gasteiger partial charge in [0.05, 0.1) is 0 Å². The van der Waals surface area contributed by atoms with Gasteiger partial charge in [-0.25, -0.2) is 0 Å². The van der Waals surface area contributed by atoms with Gasteiger partial charge in [-0.3, -0.25) is 9.69 Å². The number of aryl methyl sites for hydroxylation is 2. The van der Waals surface area contributed by atoms with Gasteiger partial charge in [-0.15, -0.1) is 0 Å². The summed E-state index contributed by atoms with van der Waals surface area (Å²) in [6.07, 6.45) is 2.08.